The fourth-order valence-electron chi connectivity index (χ4n) is 2.58. The van der Waals surface area contributed by atoms with Gasteiger partial charge in [0.15, 0.2) is 0 Å². The quantitative estimate of drug-likeness (QED) is 0.925. The fraction of sp³-hybridized carbons (Fsp3) is 0.375. The molecule has 0 bridgehead atoms. The molecule has 0 amide bonds. The van der Waals surface area contributed by atoms with Crippen LogP contribution in [0.3, 0.4) is 0 Å². The van der Waals surface area contributed by atoms with Gasteiger partial charge in [-0.2, -0.15) is 0 Å². The number of nitrogens with one attached hydrogen (secondary N) is 1. The van der Waals surface area contributed by atoms with Gasteiger partial charge in [-0.15, -0.1) is 0 Å². The van der Waals surface area contributed by atoms with Gasteiger partial charge in [0.1, 0.15) is 5.82 Å². The predicted octanol–water partition coefficient (Wildman–Crippen LogP) is 2.11. The number of hydrogen-bond donors (Lipinski definition) is 1. The summed E-state index contributed by atoms with van der Waals surface area (Å²) in [6, 6.07) is 12.5. The Morgan fingerprint density at radius 2 is 1.85 bits per heavy atom. The van der Waals surface area contributed by atoms with Gasteiger partial charge >= 0.3 is 0 Å². The van der Waals surface area contributed by atoms with Crippen molar-refractivity contribution in [2.75, 3.05) is 26.2 Å². The molecule has 20 heavy (non-hydrogen) atoms. The molecule has 1 aromatic carbocycles. The van der Waals surface area contributed by atoms with Crippen molar-refractivity contribution < 1.29 is 0 Å². The molecule has 0 spiro atoms. The summed E-state index contributed by atoms with van der Waals surface area (Å²) in [6.45, 7) is 6.39. The second kappa shape index (κ2) is 6.11. The van der Waals surface area contributed by atoms with Crippen molar-refractivity contribution in [1.82, 2.24) is 20.2 Å². The lowest BCUT2D eigenvalue weighted by Gasteiger charge is -2.31. The van der Waals surface area contributed by atoms with Gasteiger partial charge in [0.25, 0.3) is 0 Å². The van der Waals surface area contributed by atoms with E-state index in [4.69, 9.17) is 4.98 Å². The molecular formula is C16H20N4. The monoisotopic (exact) mass is 268 g/mol. The minimum absolute atomic E-state index is 0.265. The summed E-state index contributed by atoms with van der Waals surface area (Å²) in [5.74, 6) is 0.910. The molecule has 4 heteroatoms. The van der Waals surface area contributed by atoms with Gasteiger partial charge in [0, 0.05) is 37.9 Å². The van der Waals surface area contributed by atoms with Crippen molar-refractivity contribution in [3.8, 4) is 11.3 Å². The molecule has 3 rings (SSSR count). The Balaban J connectivity index is 1.83. The molecule has 2 aromatic rings. The van der Waals surface area contributed by atoms with Gasteiger partial charge in [-0.25, -0.2) is 9.97 Å². The maximum Gasteiger partial charge on any atom is 0.145 e. The number of benzene rings is 1. The van der Waals surface area contributed by atoms with Gasteiger partial charge in [0.05, 0.1) is 11.7 Å². The van der Waals surface area contributed by atoms with E-state index in [9.17, 15) is 0 Å². The van der Waals surface area contributed by atoms with E-state index < -0.39 is 0 Å². The molecule has 1 aromatic heterocycles. The predicted molar refractivity (Wildman–Crippen MR) is 80.3 cm³/mol. The third kappa shape index (κ3) is 2.86. The van der Waals surface area contributed by atoms with Gasteiger partial charge in [0.2, 0.25) is 0 Å². The highest BCUT2D eigenvalue weighted by atomic mass is 15.2. The third-order valence-corrected chi connectivity index (χ3v) is 3.82. The lowest BCUT2D eigenvalue weighted by atomic mass is 10.1. The molecule has 1 N–H and O–H groups in total. The average Bonchev–Trinajstić information content (AvgIpc) is 2.56. The molecule has 104 valence electrons. The molecule has 4 nitrogen and oxygen atoms in total. The normalized spacial score (nSPS) is 17.9. The van der Waals surface area contributed by atoms with Crippen LogP contribution in [-0.2, 0) is 0 Å². The number of hydrogen-bond acceptors (Lipinski definition) is 4. The molecule has 1 saturated heterocycles. The van der Waals surface area contributed by atoms with E-state index in [0.717, 1.165) is 43.3 Å². The van der Waals surface area contributed by atoms with E-state index in [1.807, 2.05) is 30.5 Å². The molecule has 0 radical (unpaired) electrons. The van der Waals surface area contributed by atoms with Crippen LogP contribution in [-0.4, -0.2) is 41.0 Å². The molecule has 0 saturated carbocycles. The summed E-state index contributed by atoms with van der Waals surface area (Å²) in [4.78, 5) is 11.6. The summed E-state index contributed by atoms with van der Waals surface area (Å²) in [7, 11) is 0. The molecule has 1 atom stereocenters. The summed E-state index contributed by atoms with van der Waals surface area (Å²) >= 11 is 0. The highest BCUT2D eigenvalue weighted by Gasteiger charge is 2.20. The van der Waals surface area contributed by atoms with E-state index in [0.29, 0.717) is 0 Å². The van der Waals surface area contributed by atoms with Crippen molar-refractivity contribution in [3.05, 3.63) is 48.4 Å². The largest absolute Gasteiger partial charge is 0.314 e. The van der Waals surface area contributed by atoms with Crippen LogP contribution in [0, 0.1) is 0 Å². The maximum absolute atomic E-state index is 4.74. The van der Waals surface area contributed by atoms with E-state index in [1.54, 1.807) is 0 Å². The zero-order valence-electron chi connectivity index (χ0n) is 11.8. The summed E-state index contributed by atoms with van der Waals surface area (Å²) in [6.07, 6.45) is 1.86. The average molecular weight is 268 g/mol. The molecular weight excluding hydrogens is 248 g/mol. The standard InChI is InChI=1S/C16H20N4/c1-13(20-11-9-17-10-12-20)16-18-8-7-15(19-16)14-5-3-2-4-6-14/h2-8,13,17H,9-12H2,1H3. The zero-order chi connectivity index (χ0) is 13.8. The Morgan fingerprint density at radius 3 is 2.60 bits per heavy atom. The molecule has 0 aliphatic carbocycles. The number of rotatable bonds is 3. The van der Waals surface area contributed by atoms with Crippen molar-refractivity contribution >= 4 is 0 Å². The first-order chi connectivity index (χ1) is 9.84. The molecule has 1 aliphatic rings. The van der Waals surface area contributed by atoms with Crippen molar-refractivity contribution in [3.63, 3.8) is 0 Å². The second-order valence-corrected chi connectivity index (χ2v) is 5.13. The van der Waals surface area contributed by atoms with Crippen LogP contribution >= 0.6 is 0 Å². The first kappa shape index (κ1) is 13.2. The van der Waals surface area contributed by atoms with Crippen LogP contribution in [0.15, 0.2) is 42.6 Å². The van der Waals surface area contributed by atoms with Crippen LogP contribution < -0.4 is 5.32 Å². The number of piperazine rings is 1. The molecule has 1 unspecified atom stereocenters. The maximum atomic E-state index is 4.74. The van der Waals surface area contributed by atoms with E-state index in [2.05, 4.69) is 34.3 Å². The Bertz CT molecular complexity index is 549. The van der Waals surface area contributed by atoms with Gasteiger partial charge in [-0.3, -0.25) is 4.90 Å². The van der Waals surface area contributed by atoms with E-state index in [1.165, 1.54) is 0 Å². The minimum atomic E-state index is 0.265. The number of nitrogens with zero attached hydrogens (tertiary/aromatic N) is 3. The van der Waals surface area contributed by atoms with Crippen LogP contribution in [0.4, 0.5) is 0 Å². The Morgan fingerprint density at radius 1 is 1.10 bits per heavy atom. The lowest BCUT2D eigenvalue weighted by molar-refractivity contribution is 0.179. The Hall–Kier alpha value is -1.78. The van der Waals surface area contributed by atoms with E-state index in [-0.39, 0.29) is 6.04 Å². The van der Waals surface area contributed by atoms with Crippen LogP contribution in [0.1, 0.15) is 18.8 Å². The van der Waals surface area contributed by atoms with Crippen molar-refractivity contribution in [2.45, 2.75) is 13.0 Å². The van der Waals surface area contributed by atoms with Gasteiger partial charge in [-0.05, 0) is 13.0 Å². The van der Waals surface area contributed by atoms with Gasteiger partial charge < -0.3 is 5.32 Å². The summed E-state index contributed by atoms with van der Waals surface area (Å²) in [5.41, 5.74) is 2.14. The topological polar surface area (TPSA) is 41.1 Å². The first-order valence-electron chi connectivity index (χ1n) is 7.18. The third-order valence-electron chi connectivity index (χ3n) is 3.82. The summed E-state index contributed by atoms with van der Waals surface area (Å²) < 4.78 is 0. The van der Waals surface area contributed by atoms with Crippen LogP contribution in [0.2, 0.25) is 0 Å². The zero-order valence-corrected chi connectivity index (χ0v) is 11.8. The fourth-order valence-corrected chi connectivity index (χ4v) is 2.58. The van der Waals surface area contributed by atoms with Gasteiger partial charge in [-0.1, -0.05) is 30.3 Å². The SMILES string of the molecule is CC(c1nccc(-c2ccccc2)n1)N1CCNCC1. The highest BCUT2D eigenvalue weighted by molar-refractivity contribution is 5.58. The smallest absolute Gasteiger partial charge is 0.145 e. The second-order valence-electron chi connectivity index (χ2n) is 5.13. The summed E-state index contributed by atoms with van der Waals surface area (Å²) in [5, 5.41) is 3.38. The lowest BCUT2D eigenvalue weighted by Crippen LogP contribution is -2.44. The minimum Gasteiger partial charge on any atom is -0.314 e. The Labute approximate surface area is 119 Å². The highest BCUT2D eigenvalue weighted by Crippen LogP contribution is 2.21. The molecule has 2 heterocycles. The van der Waals surface area contributed by atoms with Crippen molar-refractivity contribution in [2.24, 2.45) is 0 Å². The van der Waals surface area contributed by atoms with Crippen LogP contribution in [0.5, 0.6) is 0 Å². The number of aromatic nitrogens is 2. The van der Waals surface area contributed by atoms with Crippen molar-refractivity contribution in [1.29, 1.82) is 0 Å². The molecule has 1 fully saturated rings. The Kier molecular flexibility index (Phi) is 4.04. The van der Waals surface area contributed by atoms with Crippen LogP contribution in [0.25, 0.3) is 11.3 Å². The van der Waals surface area contributed by atoms with E-state index >= 15 is 0 Å². The molecule has 1 aliphatic heterocycles. The first-order valence-corrected chi connectivity index (χ1v) is 7.18.